The number of aromatic hydroxyl groups is 1. The van der Waals surface area contributed by atoms with E-state index in [9.17, 15) is 9.90 Å². The number of rotatable bonds is 3. The molecular weight excluding hydrogens is 350 g/mol. The molecule has 0 aliphatic heterocycles. The van der Waals surface area contributed by atoms with Gasteiger partial charge in [-0.1, -0.05) is 69.7 Å². The lowest BCUT2D eigenvalue weighted by Gasteiger charge is -2.09. The van der Waals surface area contributed by atoms with E-state index in [1.165, 1.54) is 4.52 Å². The van der Waals surface area contributed by atoms with Crippen LogP contribution in [-0.2, 0) is 6.42 Å². The highest BCUT2D eigenvalue weighted by atomic mass is 35.5. The zero-order valence-corrected chi connectivity index (χ0v) is 14.5. The summed E-state index contributed by atoms with van der Waals surface area (Å²) in [5.74, 6) is -0.103. The van der Waals surface area contributed by atoms with Crippen LogP contribution in [0.3, 0.4) is 0 Å². The van der Waals surface area contributed by atoms with Crippen LogP contribution in [0.1, 0.15) is 11.1 Å². The Bertz CT molecular complexity index is 1140. The maximum atomic E-state index is 13.0. The fourth-order valence-corrected chi connectivity index (χ4v) is 3.10. The number of halogens is 1. The first kappa shape index (κ1) is 16.3. The molecule has 128 valence electrons. The molecule has 0 aliphatic rings. The van der Waals surface area contributed by atoms with Gasteiger partial charge in [-0.25, -0.2) is 4.79 Å². The second-order valence-corrected chi connectivity index (χ2v) is 6.25. The monoisotopic (exact) mass is 364 g/mol. The van der Waals surface area contributed by atoms with Crippen LogP contribution in [0, 0.1) is 0 Å². The molecular formula is C20H15ClN3O2+. The summed E-state index contributed by atoms with van der Waals surface area (Å²) in [6, 6.07) is 22.1. The molecule has 26 heavy (non-hydrogen) atoms. The average Bonchev–Trinajstić information content (AvgIpc) is 2.67. The number of hydrogen-bond acceptors (Lipinski definition) is 3. The average molecular weight is 365 g/mol. The van der Waals surface area contributed by atoms with Gasteiger partial charge < -0.3 is 5.11 Å². The smallest absolute Gasteiger partial charge is 0.370 e. The number of aromatic nitrogens is 3. The van der Waals surface area contributed by atoms with E-state index in [2.05, 4.69) is 5.10 Å². The van der Waals surface area contributed by atoms with Crippen molar-refractivity contribution in [1.29, 1.82) is 0 Å². The SMILES string of the molecule is O=c1c(Cc2ccccc2)c(O)[n+](-c2ccccc2)c2ccc(Cl)nn12. The zero-order valence-electron chi connectivity index (χ0n) is 13.7. The summed E-state index contributed by atoms with van der Waals surface area (Å²) in [4.78, 5) is 13.0. The van der Waals surface area contributed by atoms with E-state index in [1.807, 2.05) is 60.7 Å². The quantitative estimate of drug-likeness (QED) is 0.569. The van der Waals surface area contributed by atoms with Crippen LogP contribution in [-0.4, -0.2) is 14.7 Å². The van der Waals surface area contributed by atoms with Gasteiger partial charge in [0, 0.05) is 12.5 Å². The van der Waals surface area contributed by atoms with Crippen molar-refractivity contribution < 1.29 is 9.67 Å². The van der Waals surface area contributed by atoms with Gasteiger partial charge in [-0.05, 0) is 23.8 Å². The highest BCUT2D eigenvalue weighted by Crippen LogP contribution is 2.17. The fourth-order valence-electron chi connectivity index (χ4n) is 2.97. The summed E-state index contributed by atoms with van der Waals surface area (Å²) in [5.41, 5.74) is 1.94. The number of para-hydroxylation sites is 1. The minimum Gasteiger partial charge on any atom is -0.477 e. The van der Waals surface area contributed by atoms with Crippen LogP contribution in [0.4, 0.5) is 0 Å². The summed E-state index contributed by atoms with van der Waals surface area (Å²) >= 11 is 6.00. The van der Waals surface area contributed by atoms with Crippen molar-refractivity contribution in [3.05, 3.63) is 99.4 Å². The molecule has 0 aliphatic carbocycles. The van der Waals surface area contributed by atoms with Crippen molar-refractivity contribution in [3.63, 3.8) is 0 Å². The third-order valence-electron chi connectivity index (χ3n) is 4.18. The molecule has 4 aromatic rings. The molecule has 0 spiro atoms. The van der Waals surface area contributed by atoms with Gasteiger partial charge in [0.15, 0.2) is 5.15 Å². The highest BCUT2D eigenvalue weighted by Gasteiger charge is 2.26. The number of benzene rings is 2. The largest absolute Gasteiger partial charge is 0.477 e. The van der Waals surface area contributed by atoms with Crippen LogP contribution >= 0.6 is 11.6 Å². The Labute approximate surface area is 154 Å². The summed E-state index contributed by atoms with van der Waals surface area (Å²) < 4.78 is 2.83. The zero-order chi connectivity index (χ0) is 18.1. The molecule has 2 aromatic heterocycles. The molecule has 4 rings (SSSR count). The van der Waals surface area contributed by atoms with Gasteiger partial charge in [-0.15, -0.1) is 0 Å². The van der Waals surface area contributed by atoms with Gasteiger partial charge in [-0.3, -0.25) is 0 Å². The predicted octanol–water partition coefficient (Wildman–Crippen LogP) is 2.92. The molecule has 1 N–H and O–H groups in total. The lowest BCUT2D eigenvalue weighted by molar-refractivity contribution is -0.581. The second-order valence-electron chi connectivity index (χ2n) is 5.87. The molecule has 5 nitrogen and oxygen atoms in total. The first-order chi connectivity index (χ1) is 12.6. The molecule has 0 saturated carbocycles. The van der Waals surface area contributed by atoms with Crippen LogP contribution in [0.2, 0.25) is 5.15 Å². The van der Waals surface area contributed by atoms with Gasteiger partial charge in [0.1, 0.15) is 11.3 Å². The molecule has 0 atom stereocenters. The molecule has 0 fully saturated rings. The molecule has 0 bridgehead atoms. The summed E-state index contributed by atoms with van der Waals surface area (Å²) in [7, 11) is 0. The summed E-state index contributed by atoms with van der Waals surface area (Å²) in [6.07, 6.45) is 0.287. The Balaban J connectivity index is 2.05. The van der Waals surface area contributed by atoms with Crippen LogP contribution < -0.4 is 10.1 Å². The van der Waals surface area contributed by atoms with Gasteiger partial charge in [-0.2, -0.15) is 4.57 Å². The van der Waals surface area contributed by atoms with E-state index in [0.717, 1.165) is 11.3 Å². The molecule has 0 radical (unpaired) electrons. The topological polar surface area (TPSA) is 58.5 Å². The van der Waals surface area contributed by atoms with Gasteiger partial charge in [0.05, 0.1) is 0 Å². The van der Waals surface area contributed by atoms with Crippen LogP contribution in [0.15, 0.2) is 77.6 Å². The molecule has 0 unspecified atom stereocenters. The Hall–Kier alpha value is -3.18. The van der Waals surface area contributed by atoms with Crippen molar-refractivity contribution in [2.24, 2.45) is 0 Å². The molecule has 2 aromatic carbocycles. The van der Waals surface area contributed by atoms with Crippen molar-refractivity contribution in [2.45, 2.75) is 6.42 Å². The van der Waals surface area contributed by atoms with Crippen molar-refractivity contribution in [2.75, 3.05) is 0 Å². The summed E-state index contributed by atoms with van der Waals surface area (Å²) in [5, 5.41) is 15.3. The van der Waals surface area contributed by atoms with Crippen LogP contribution in [0.5, 0.6) is 5.88 Å². The third kappa shape index (κ3) is 2.82. The van der Waals surface area contributed by atoms with E-state index in [-0.39, 0.29) is 23.0 Å². The van der Waals surface area contributed by atoms with E-state index in [1.54, 1.807) is 16.7 Å². The van der Waals surface area contributed by atoms with Gasteiger partial charge >= 0.3 is 11.2 Å². The highest BCUT2D eigenvalue weighted by molar-refractivity contribution is 6.29. The van der Waals surface area contributed by atoms with E-state index in [0.29, 0.717) is 5.65 Å². The maximum absolute atomic E-state index is 13.0. The Morgan fingerprint density at radius 1 is 0.962 bits per heavy atom. The first-order valence-corrected chi connectivity index (χ1v) is 8.48. The normalized spacial score (nSPS) is 11.0. The number of fused-ring (bicyclic) bond motifs is 1. The standard InChI is InChI=1S/C20H14ClN3O2/c21-17-11-12-18-23(15-9-5-2-6-10-15)19(25)16(20(26)24(18)22-17)13-14-7-3-1-4-8-14/h1-12H,13H2/p+1. The molecule has 0 amide bonds. The van der Waals surface area contributed by atoms with E-state index < -0.39 is 5.56 Å². The second kappa shape index (κ2) is 6.61. The van der Waals surface area contributed by atoms with Crippen molar-refractivity contribution >= 4 is 17.2 Å². The maximum Gasteiger partial charge on any atom is 0.370 e. The van der Waals surface area contributed by atoms with Crippen LogP contribution in [0.25, 0.3) is 11.3 Å². The fraction of sp³-hybridized carbons (Fsp3) is 0.0500. The molecule has 6 heteroatoms. The number of hydrogen-bond donors (Lipinski definition) is 1. The van der Waals surface area contributed by atoms with E-state index >= 15 is 0 Å². The molecule has 0 saturated heterocycles. The van der Waals surface area contributed by atoms with Crippen molar-refractivity contribution in [1.82, 2.24) is 9.61 Å². The first-order valence-electron chi connectivity index (χ1n) is 8.10. The van der Waals surface area contributed by atoms with Gasteiger partial charge in [0.2, 0.25) is 0 Å². The minimum atomic E-state index is -0.393. The third-order valence-corrected chi connectivity index (χ3v) is 4.38. The molecule has 2 heterocycles. The Kier molecular flexibility index (Phi) is 4.14. The number of nitrogens with zero attached hydrogens (tertiary/aromatic N) is 3. The van der Waals surface area contributed by atoms with Crippen molar-refractivity contribution in [3.8, 4) is 11.6 Å². The lowest BCUT2D eigenvalue weighted by atomic mass is 10.1. The Morgan fingerprint density at radius 2 is 1.62 bits per heavy atom. The van der Waals surface area contributed by atoms with E-state index in [4.69, 9.17) is 11.6 Å². The summed E-state index contributed by atoms with van der Waals surface area (Å²) in [6.45, 7) is 0. The predicted molar refractivity (Wildman–Crippen MR) is 98.9 cm³/mol. The Morgan fingerprint density at radius 3 is 2.31 bits per heavy atom. The van der Waals surface area contributed by atoms with Gasteiger partial charge in [0.25, 0.3) is 5.88 Å². The lowest BCUT2D eigenvalue weighted by Crippen LogP contribution is -2.40. The minimum absolute atomic E-state index is 0.103.